The van der Waals surface area contributed by atoms with Crippen molar-refractivity contribution in [3.8, 4) is 0 Å². The first kappa shape index (κ1) is 20.9. The molecule has 1 saturated heterocycles. The van der Waals surface area contributed by atoms with Gasteiger partial charge in [-0.05, 0) is 48.4 Å². The number of hydrogen-bond donors (Lipinski definition) is 3. The smallest absolute Gasteiger partial charge is 0.229 e. The number of aromatic nitrogens is 1. The largest absolute Gasteiger partial charge is 0.361 e. The SMILES string of the molecule is CC(=O)Nc1cccc(NC(=O)C2CC(=O)N(CCc3c[nH]c4ccc(Cl)cc34)C2)c1. The van der Waals surface area contributed by atoms with Crippen LogP contribution in [0.15, 0.2) is 48.7 Å². The molecular formula is C23H23ClN4O3. The monoisotopic (exact) mass is 438 g/mol. The minimum Gasteiger partial charge on any atom is -0.361 e. The number of fused-ring (bicyclic) bond motifs is 1. The molecular weight excluding hydrogens is 416 g/mol. The summed E-state index contributed by atoms with van der Waals surface area (Å²) in [6.45, 7) is 2.36. The fourth-order valence-corrected chi connectivity index (χ4v) is 4.07. The maximum absolute atomic E-state index is 12.7. The van der Waals surface area contributed by atoms with Crippen molar-refractivity contribution in [2.24, 2.45) is 5.92 Å². The number of amides is 3. The van der Waals surface area contributed by atoms with Gasteiger partial charge in [0.05, 0.1) is 5.92 Å². The standard InChI is InChI=1S/C23H23ClN4O3/c1-14(29)26-18-3-2-4-19(11-18)27-23(31)16-9-22(30)28(13-16)8-7-15-12-25-21-6-5-17(24)10-20(15)21/h2-6,10-12,16,25H,7-9,13H2,1H3,(H,26,29)(H,27,31). The van der Waals surface area contributed by atoms with E-state index in [9.17, 15) is 14.4 Å². The number of likely N-dealkylation sites (tertiary alicyclic amines) is 1. The molecule has 1 fully saturated rings. The molecule has 1 aromatic heterocycles. The summed E-state index contributed by atoms with van der Waals surface area (Å²) in [5.41, 5.74) is 3.28. The van der Waals surface area contributed by atoms with E-state index in [0.717, 1.165) is 16.5 Å². The fourth-order valence-electron chi connectivity index (χ4n) is 3.90. The van der Waals surface area contributed by atoms with Crippen molar-refractivity contribution in [2.75, 3.05) is 23.7 Å². The lowest BCUT2D eigenvalue weighted by molar-refractivity contribution is -0.128. The number of rotatable bonds is 6. The van der Waals surface area contributed by atoms with Crippen molar-refractivity contribution in [1.29, 1.82) is 0 Å². The van der Waals surface area contributed by atoms with Gasteiger partial charge in [0.25, 0.3) is 0 Å². The highest BCUT2D eigenvalue weighted by molar-refractivity contribution is 6.31. The van der Waals surface area contributed by atoms with Gasteiger partial charge in [0, 0.05) is 59.9 Å². The van der Waals surface area contributed by atoms with Gasteiger partial charge in [-0.15, -0.1) is 0 Å². The Bertz CT molecular complexity index is 1160. The highest BCUT2D eigenvalue weighted by Crippen LogP contribution is 2.25. The average Bonchev–Trinajstić information content (AvgIpc) is 3.29. The van der Waals surface area contributed by atoms with E-state index in [2.05, 4.69) is 15.6 Å². The van der Waals surface area contributed by atoms with Crippen molar-refractivity contribution < 1.29 is 14.4 Å². The molecule has 0 aliphatic carbocycles. The minimum atomic E-state index is -0.408. The number of carbonyl (C=O) groups excluding carboxylic acids is 3. The number of carbonyl (C=O) groups is 3. The molecule has 3 amide bonds. The van der Waals surface area contributed by atoms with Crippen LogP contribution in [-0.4, -0.2) is 40.7 Å². The average molecular weight is 439 g/mol. The van der Waals surface area contributed by atoms with Gasteiger partial charge in [0.15, 0.2) is 0 Å². The molecule has 7 nitrogen and oxygen atoms in total. The molecule has 0 bridgehead atoms. The number of H-pyrrole nitrogens is 1. The van der Waals surface area contributed by atoms with E-state index in [4.69, 9.17) is 11.6 Å². The Morgan fingerprint density at radius 2 is 1.94 bits per heavy atom. The van der Waals surface area contributed by atoms with Gasteiger partial charge in [-0.2, -0.15) is 0 Å². The molecule has 8 heteroatoms. The van der Waals surface area contributed by atoms with E-state index in [1.165, 1.54) is 6.92 Å². The normalized spacial score (nSPS) is 16.0. The summed E-state index contributed by atoms with van der Waals surface area (Å²) < 4.78 is 0. The highest BCUT2D eigenvalue weighted by atomic mass is 35.5. The van der Waals surface area contributed by atoms with Crippen molar-refractivity contribution >= 4 is 51.6 Å². The van der Waals surface area contributed by atoms with E-state index < -0.39 is 5.92 Å². The van der Waals surface area contributed by atoms with Crippen molar-refractivity contribution in [1.82, 2.24) is 9.88 Å². The Morgan fingerprint density at radius 1 is 1.16 bits per heavy atom. The first-order chi connectivity index (χ1) is 14.9. The quantitative estimate of drug-likeness (QED) is 0.546. The molecule has 0 radical (unpaired) electrons. The third-order valence-corrected chi connectivity index (χ3v) is 5.65. The van der Waals surface area contributed by atoms with Crippen LogP contribution in [0.3, 0.4) is 0 Å². The van der Waals surface area contributed by atoms with Crippen molar-refractivity contribution in [3.05, 3.63) is 59.2 Å². The first-order valence-corrected chi connectivity index (χ1v) is 10.5. The van der Waals surface area contributed by atoms with Crippen LogP contribution in [0, 0.1) is 5.92 Å². The lowest BCUT2D eigenvalue weighted by Crippen LogP contribution is -2.30. The van der Waals surface area contributed by atoms with E-state index >= 15 is 0 Å². The molecule has 1 atom stereocenters. The Kier molecular flexibility index (Phi) is 5.95. The van der Waals surface area contributed by atoms with Crippen LogP contribution < -0.4 is 10.6 Å². The van der Waals surface area contributed by atoms with Crippen LogP contribution in [0.2, 0.25) is 5.02 Å². The maximum atomic E-state index is 12.7. The van der Waals surface area contributed by atoms with Gasteiger partial charge in [0.1, 0.15) is 0 Å². The molecule has 2 aromatic carbocycles. The Balaban J connectivity index is 1.36. The molecule has 0 spiro atoms. The zero-order chi connectivity index (χ0) is 22.0. The summed E-state index contributed by atoms with van der Waals surface area (Å²) in [6, 6.07) is 12.6. The predicted octanol–water partition coefficient (Wildman–Crippen LogP) is 3.81. The number of nitrogens with zero attached hydrogens (tertiary/aromatic N) is 1. The topological polar surface area (TPSA) is 94.3 Å². The fraction of sp³-hybridized carbons (Fsp3) is 0.261. The molecule has 1 aliphatic rings. The molecule has 3 N–H and O–H groups in total. The summed E-state index contributed by atoms with van der Waals surface area (Å²) in [7, 11) is 0. The molecule has 0 saturated carbocycles. The van der Waals surface area contributed by atoms with E-state index in [1.54, 1.807) is 29.2 Å². The molecule has 4 rings (SSSR count). The van der Waals surface area contributed by atoms with Crippen LogP contribution in [0.25, 0.3) is 10.9 Å². The highest BCUT2D eigenvalue weighted by Gasteiger charge is 2.34. The third kappa shape index (κ3) is 4.88. The Morgan fingerprint density at radius 3 is 2.71 bits per heavy atom. The first-order valence-electron chi connectivity index (χ1n) is 10.1. The number of benzene rings is 2. The molecule has 160 valence electrons. The molecule has 1 unspecified atom stereocenters. The van der Waals surface area contributed by atoms with Crippen LogP contribution in [0.5, 0.6) is 0 Å². The number of nitrogens with one attached hydrogen (secondary N) is 3. The third-order valence-electron chi connectivity index (χ3n) is 5.42. The summed E-state index contributed by atoms with van der Waals surface area (Å²) in [5, 5.41) is 7.25. The van der Waals surface area contributed by atoms with Crippen LogP contribution in [-0.2, 0) is 20.8 Å². The van der Waals surface area contributed by atoms with Gasteiger partial charge in [0.2, 0.25) is 17.7 Å². The summed E-state index contributed by atoms with van der Waals surface area (Å²) >= 11 is 6.11. The van der Waals surface area contributed by atoms with Crippen LogP contribution >= 0.6 is 11.6 Å². The number of aromatic amines is 1. The zero-order valence-electron chi connectivity index (χ0n) is 17.1. The second-order valence-corrected chi connectivity index (χ2v) is 8.18. The second kappa shape index (κ2) is 8.81. The van der Waals surface area contributed by atoms with Gasteiger partial charge in [-0.1, -0.05) is 17.7 Å². The van der Waals surface area contributed by atoms with E-state index in [1.807, 2.05) is 24.4 Å². The van der Waals surface area contributed by atoms with Crippen LogP contribution in [0.4, 0.5) is 11.4 Å². The molecule has 31 heavy (non-hydrogen) atoms. The Labute approximate surface area is 184 Å². The Hall–Kier alpha value is -3.32. The van der Waals surface area contributed by atoms with E-state index in [0.29, 0.717) is 35.9 Å². The maximum Gasteiger partial charge on any atom is 0.229 e. The lowest BCUT2D eigenvalue weighted by atomic mass is 10.1. The van der Waals surface area contributed by atoms with Gasteiger partial charge < -0.3 is 20.5 Å². The number of hydrogen-bond acceptors (Lipinski definition) is 3. The van der Waals surface area contributed by atoms with Crippen molar-refractivity contribution in [3.63, 3.8) is 0 Å². The predicted molar refractivity (Wildman–Crippen MR) is 121 cm³/mol. The summed E-state index contributed by atoms with van der Waals surface area (Å²) in [5.74, 6) is -0.813. The van der Waals surface area contributed by atoms with Gasteiger partial charge in [-0.25, -0.2) is 0 Å². The van der Waals surface area contributed by atoms with E-state index in [-0.39, 0.29) is 24.1 Å². The second-order valence-electron chi connectivity index (χ2n) is 7.75. The number of halogens is 1. The molecule has 1 aliphatic heterocycles. The van der Waals surface area contributed by atoms with Gasteiger partial charge in [-0.3, -0.25) is 14.4 Å². The van der Waals surface area contributed by atoms with Crippen molar-refractivity contribution in [2.45, 2.75) is 19.8 Å². The van der Waals surface area contributed by atoms with Crippen LogP contribution in [0.1, 0.15) is 18.9 Å². The zero-order valence-corrected chi connectivity index (χ0v) is 17.8. The minimum absolute atomic E-state index is 0.0231. The van der Waals surface area contributed by atoms with Gasteiger partial charge >= 0.3 is 0 Å². The molecule has 3 aromatic rings. The number of anilines is 2. The molecule has 2 heterocycles. The summed E-state index contributed by atoms with van der Waals surface area (Å²) in [6.07, 6.45) is 2.81. The summed E-state index contributed by atoms with van der Waals surface area (Å²) in [4.78, 5) is 41.3. The lowest BCUT2D eigenvalue weighted by Gasteiger charge is -2.16.